The van der Waals surface area contributed by atoms with Gasteiger partial charge in [-0.2, -0.15) is 0 Å². The number of hydrogen-bond donors (Lipinski definition) is 2. The number of aryl methyl sites for hydroxylation is 1. The Kier molecular flexibility index (Phi) is 3.43. The van der Waals surface area contributed by atoms with Crippen LogP contribution in [-0.2, 0) is 12.8 Å². The van der Waals surface area contributed by atoms with E-state index in [0.717, 1.165) is 36.9 Å². The van der Waals surface area contributed by atoms with Crippen molar-refractivity contribution in [1.82, 2.24) is 9.97 Å². The Morgan fingerprint density at radius 2 is 2.20 bits per heavy atom. The zero-order chi connectivity index (χ0) is 10.7. The number of hydrogen-bond acceptors (Lipinski definition) is 4. The maximum absolute atomic E-state index is 11.7. The SMILES string of the molecule is O=c1[nH]c(SCCO)nc2c1CCCC2. The van der Waals surface area contributed by atoms with Gasteiger partial charge in [0.1, 0.15) is 0 Å². The molecule has 1 aromatic rings. The molecule has 5 heteroatoms. The largest absolute Gasteiger partial charge is 0.396 e. The lowest BCUT2D eigenvalue weighted by atomic mass is 9.97. The average Bonchev–Trinajstić information content (AvgIpc) is 2.26. The highest BCUT2D eigenvalue weighted by Gasteiger charge is 2.15. The molecule has 0 atom stereocenters. The Morgan fingerprint density at radius 3 is 3.00 bits per heavy atom. The van der Waals surface area contributed by atoms with Crippen LogP contribution in [0.1, 0.15) is 24.1 Å². The summed E-state index contributed by atoms with van der Waals surface area (Å²) in [5.41, 5.74) is 1.81. The van der Waals surface area contributed by atoms with Crippen LogP contribution in [-0.4, -0.2) is 27.4 Å². The lowest BCUT2D eigenvalue weighted by Crippen LogP contribution is -2.21. The number of aromatic amines is 1. The third-order valence-corrected chi connectivity index (χ3v) is 3.35. The van der Waals surface area contributed by atoms with Crippen molar-refractivity contribution >= 4 is 11.8 Å². The summed E-state index contributed by atoms with van der Waals surface area (Å²) in [6.07, 6.45) is 3.96. The second kappa shape index (κ2) is 4.81. The molecule has 0 radical (unpaired) electrons. The molecule has 0 aliphatic heterocycles. The Bertz CT molecular complexity index is 403. The number of nitrogens with zero attached hydrogens (tertiary/aromatic N) is 1. The average molecular weight is 226 g/mol. The molecular weight excluding hydrogens is 212 g/mol. The fourth-order valence-electron chi connectivity index (χ4n) is 1.79. The van der Waals surface area contributed by atoms with Gasteiger partial charge in [0.25, 0.3) is 5.56 Å². The second-order valence-corrected chi connectivity index (χ2v) is 4.66. The molecule has 0 unspecified atom stereocenters. The summed E-state index contributed by atoms with van der Waals surface area (Å²) < 4.78 is 0. The molecule has 15 heavy (non-hydrogen) atoms. The summed E-state index contributed by atoms with van der Waals surface area (Å²) in [6, 6.07) is 0. The molecule has 1 aromatic heterocycles. The number of fused-ring (bicyclic) bond motifs is 1. The van der Waals surface area contributed by atoms with Crippen molar-refractivity contribution in [3.05, 3.63) is 21.6 Å². The molecule has 2 rings (SSSR count). The van der Waals surface area contributed by atoms with Crippen molar-refractivity contribution in [2.45, 2.75) is 30.8 Å². The van der Waals surface area contributed by atoms with Gasteiger partial charge in [-0.3, -0.25) is 4.79 Å². The summed E-state index contributed by atoms with van der Waals surface area (Å²) >= 11 is 1.39. The molecule has 0 fully saturated rings. The minimum Gasteiger partial charge on any atom is -0.396 e. The van der Waals surface area contributed by atoms with Gasteiger partial charge in [-0.25, -0.2) is 4.98 Å². The monoisotopic (exact) mass is 226 g/mol. The summed E-state index contributed by atoms with van der Waals surface area (Å²) in [6.45, 7) is 0.103. The normalized spacial score (nSPS) is 15.0. The van der Waals surface area contributed by atoms with Crippen LogP contribution in [0.5, 0.6) is 0 Å². The fourth-order valence-corrected chi connectivity index (χ4v) is 2.42. The highest BCUT2D eigenvalue weighted by atomic mass is 32.2. The summed E-state index contributed by atoms with van der Waals surface area (Å²) in [7, 11) is 0. The van der Waals surface area contributed by atoms with E-state index in [9.17, 15) is 4.79 Å². The van der Waals surface area contributed by atoms with Crippen molar-refractivity contribution in [3.63, 3.8) is 0 Å². The molecule has 1 aliphatic carbocycles. The minimum atomic E-state index is 0.000129. The van der Waals surface area contributed by atoms with E-state index in [4.69, 9.17) is 5.11 Å². The topological polar surface area (TPSA) is 66.0 Å². The van der Waals surface area contributed by atoms with E-state index < -0.39 is 0 Å². The highest BCUT2D eigenvalue weighted by Crippen LogP contribution is 2.18. The fraction of sp³-hybridized carbons (Fsp3) is 0.600. The number of rotatable bonds is 3. The van der Waals surface area contributed by atoms with Crippen LogP contribution in [0.4, 0.5) is 0 Å². The van der Waals surface area contributed by atoms with Crippen LogP contribution in [0.15, 0.2) is 9.95 Å². The number of thioether (sulfide) groups is 1. The molecule has 0 amide bonds. The first-order valence-corrected chi connectivity index (χ1v) is 6.15. The van der Waals surface area contributed by atoms with Gasteiger partial charge in [0.05, 0.1) is 12.3 Å². The van der Waals surface area contributed by atoms with E-state index in [1.54, 1.807) is 0 Å². The first-order chi connectivity index (χ1) is 7.31. The van der Waals surface area contributed by atoms with Crippen LogP contribution >= 0.6 is 11.8 Å². The zero-order valence-electron chi connectivity index (χ0n) is 8.45. The third kappa shape index (κ3) is 2.41. The highest BCUT2D eigenvalue weighted by molar-refractivity contribution is 7.99. The molecule has 0 spiro atoms. The van der Waals surface area contributed by atoms with E-state index in [1.807, 2.05) is 0 Å². The molecule has 2 N–H and O–H groups in total. The van der Waals surface area contributed by atoms with Gasteiger partial charge in [-0.15, -0.1) is 0 Å². The number of aliphatic hydroxyl groups excluding tert-OH is 1. The number of aromatic nitrogens is 2. The van der Waals surface area contributed by atoms with Gasteiger partial charge in [-0.05, 0) is 25.7 Å². The van der Waals surface area contributed by atoms with Gasteiger partial charge in [0.15, 0.2) is 5.16 Å². The van der Waals surface area contributed by atoms with Crippen molar-refractivity contribution in [2.75, 3.05) is 12.4 Å². The summed E-state index contributed by atoms with van der Waals surface area (Å²) in [5.74, 6) is 0.571. The first-order valence-electron chi connectivity index (χ1n) is 5.17. The molecule has 4 nitrogen and oxygen atoms in total. The third-order valence-electron chi connectivity index (χ3n) is 2.50. The second-order valence-electron chi connectivity index (χ2n) is 3.58. The quantitative estimate of drug-likeness (QED) is 0.589. The molecule has 0 saturated heterocycles. The van der Waals surface area contributed by atoms with Crippen LogP contribution in [0.25, 0.3) is 0 Å². The predicted molar refractivity (Wildman–Crippen MR) is 59.3 cm³/mol. The minimum absolute atomic E-state index is 0.000129. The smallest absolute Gasteiger partial charge is 0.254 e. The van der Waals surface area contributed by atoms with Gasteiger partial charge in [0.2, 0.25) is 0 Å². The van der Waals surface area contributed by atoms with Gasteiger partial charge < -0.3 is 10.1 Å². The van der Waals surface area contributed by atoms with E-state index >= 15 is 0 Å². The van der Waals surface area contributed by atoms with Crippen LogP contribution in [0.3, 0.4) is 0 Å². The van der Waals surface area contributed by atoms with Gasteiger partial charge in [-0.1, -0.05) is 11.8 Å². The van der Waals surface area contributed by atoms with Crippen molar-refractivity contribution in [1.29, 1.82) is 0 Å². The zero-order valence-corrected chi connectivity index (χ0v) is 9.27. The Balaban J connectivity index is 2.28. The van der Waals surface area contributed by atoms with Gasteiger partial charge in [0, 0.05) is 11.3 Å². The molecule has 0 aromatic carbocycles. The van der Waals surface area contributed by atoms with Crippen molar-refractivity contribution in [2.24, 2.45) is 0 Å². The Labute approximate surface area is 92.1 Å². The van der Waals surface area contributed by atoms with Crippen molar-refractivity contribution in [3.8, 4) is 0 Å². The van der Waals surface area contributed by atoms with E-state index in [2.05, 4.69) is 9.97 Å². The Hall–Kier alpha value is -0.810. The molecule has 82 valence electrons. The molecule has 0 bridgehead atoms. The summed E-state index contributed by atoms with van der Waals surface area (Å²) in [5, 5.41) is 9.33. The molecular formula is C10H14N2O2S. The predicted octanol–water partition coefficient (Wildman–Crippen LogP) is 0.733. The summed E-state index contributed by atoms with van der Waals surface area (Å²) in [4.78, 5) is 18.8. The number of aliphatic hydroxyl groups is 1. The molecule has 1 aliphatic rings. The number of H-pyrrole nitrogens is 1. The van der Waals surface area contributed by atoms with Gasteiger partial charge >= 0.3 is 0 Å². The lowest BCUT2D eigenvalue weighted by molar-refractivity contribution is 0.322. The maximum atomic E-state index is 11.7. The van der Waals surface area contributed by atoms with E-state index in [1.165, 1.54) is 11.8 Å². The lowest BCUT2D eigenvalue weighted by Gasteiger charge is -2.13. The number of nitrogens with one attached hydrogen (secondary N) is 1. The Morgan fingerprint density at radius 1 is 1.40 bits per heavy atom. The van der Waals surface area contributed by atoms with Crippen LogP contribution < -0.4 is 5.56 Å². The maximum Gasteiger partial charge on any atom is 0.254 e. The van der Waals surface area contributed by atoms with E-state index in [0.29, 0.717) is 10.9 Å². The first kappa shape index (κ1) is 10.7. The van der Waals surface area contributed by atoms with Crippen LogP contribution in [0.2, 0.25) is 0 Å². The van der Waals surface area contributed by atoms with Crippen molar-refractivity contribution < 1.29 is 5.11 Å². The molecule has 0 saturated carbocycles. The molecule has 1 heterocycles. The van der Waals surface area contributed by atoms with Crippen LogP contribution in [0, 0.1) is 0 Å². The van der Waals surface area contributed by atoms with E-state index in [-0.39, 0.29) is 12.2 Å². The standard InChI is InChI=1S/C10H14N2O2S/c13-5-6-15-10-11-8-4-2-1-3-7(8)9(14)12-10/h13H,1-6H2,(H,11,12,14).